The van der Waals surface area contributed by atoms with Gasteiger partial charge in [0, 0.05) is 42.8 Å². The standard InChI is InChI=1S/C23H24N4O/c28-23(26-22-9-5-4-8-21(22)18-6-2-1-3-7-18)27-16-12-20(13-17-27)25-19-10-14-24-15-11-19/h1-11,14-15,20H,12-13,16-17H2,(H,24,25)(H,26,28). The van der Waals surface area contributed by atoms with Gasteiger partial charge in [-0.25, -0.2) is 4.79 Å². The minimum atomic E-state index is -0.0363. The molecule has 28 heavy (non-hydrogen) atoms. The van der Waals surface area contributed by atoms with Crippen LogP contribution in [0.5, 0.6) is 0 Å². The molecule has 1 aliphatic heterocycles. The quantitative estimate of drug-likeness (QED) is 0.688. The molecule has 2 aromatic carbocycles. The van der Waals surface area contributed by atoms with E-state index >= 15 is 0 Å². The average molecular weight is 372 g/mol. The summed E-state index contributed by atoms with van der Waals surface area (Å²) in [5.41, 5.74) is 4.05. The summed E-state index contributed by atoms with van der Waals surface area (Å²) in [6, 6.07) is 22.3. The van der Waals surface area contributed by atoms with Crippen molar-refractivity contribution >= 4 is 17.4 Å². The number of nitrogens with zero attached hydrogens (tertiary/aromatic N) is 2. The number of benzene rings is 2. The third-order valence-electron chi connectivity index (χ3n) is 5.09. The molecule has 1 aliphatic rings. The highest BCUT2D eigenvalue weighted by atomic mass is 16.2. The first-order valence-corrected chi connectivity index (χ1v) is 9.66. The van der Waals surface area contributed by atoms with Gasteiger partial charge in [-0.05, 0) is 36.6 Å². The molecule has 1 fully saturated rings. The van der Waals surface area contributed by atoms with Crippen molar-refractivity contribution in [3.05, 3.63) is 79.1 Å². The molecule has 2 amide bonds. The maximum atomic E-state index is 12.8. The van der Waals surface area contributed by atoms with Gasteiger partial charge in [0.25, 0.3) is 0 Å². The van der Waals surface area contributed by atoms with Crippen LogP contribution in [-0.4, -0.2) is 35.0 Å². The van der Waals surface area contributed by atoms with Gasteiger partial charge in [-0.2, -0.15) is 0 Å². The number of aromatic nitrogens is 1. The summed E-state index contributed by atoms with van der Waals surface area (Å²) in [5, 5.41) is 6.62. The zero-order valence-electron chi connectivity index (χ0n) is 15.7. The molecular formula is C23H24N4O. The average Bonchev–Trinajstić information content (AvgIpc) is 2.76. The predicted octanol–water partition coefficient (Wildman–Crippen LogP) is 4.86. The number of urea groups is 1. The number of rotatable bonds is 4. The molecule has 0 atom stereocenters. The second kappa shape index (κ2) is 8.57. The summed E-state index contributed by atoms with van der Waals surface area (Å²) in [7, 11) is 0. The molecular weight excluding hydrogens is 348 g/mol. The van der Waals surface area contributed by atoms with Crippen LogP contribution < -0.4 is 10.6 Å². The normalized spacial score (nSPS) is 14.5. The number of piperidine rings is 1. The molecule has 5 heteroatoms. The van der Waals surface area contributed by atoms with Gasteiger partial charge in [-0.1, -0.05) is 48.5 Å². The molecule has 0 spiro atoms. The van der Waals surface area contributed by atoms with E-state index in [4.69, 9.17) is 0 Å². The topological polar surface area (TPSA) is 57.3 Å². The summed E-state index contributed by atoms with van der Waals surface area (Å²) in [6.07, 6.45) is 5.43. The number of likely N-dealkylation sites (tertiary alicyclic amines) is 1. The van der Waals surface area contributed by atoms with Crippen molar-refractivity contribution in [2.75, 3.05) is 23.7 Å². The van der Waals surface area contributed by atoms with Crippen molar-refractivity contribution in [1.82, 2.24) is 9.88 Å². The van der Waals surface area contributed by atoms with E-state index in [1.807, 2.05) is 59.5 Å². The fourth-order valence-corrected chi connectivity index (χ4v) is 3.57. The number of hydrogen-bond donors (Lipinski definition) is 2. The van der Waals surface area contributed by atoms with E-state index in [0.717, 1.165) is 48.4 Å². The second-order valence-electron chi connectivity index (χ2n) is 6.98. The van der Waals surface area contributed by atoms with Crippen LogP contribution in [0, 0.1) is 0 Å². The van der Waals surface area contributed by atoms with Gasteiger partial charge in [0.1, 0.15) is 0 Å². The minimum Gasteiger partial charge on any atom is -0.382 e. The van der Waals surface area contributed by atoms with Crippen LogP contribution in [-0.2, 0) is 0 Å². The third kappa shape index (κ3) is 4.31. The highest BCUT2D eigenvalue weighted by molar-refractivity contribution is 5.94. The third-order valence-corrected chi connectivity index (χ3v) is 5.09. The Hall–Kier alpha value is -3.34. The zero-order chi connectivity index (χ0) is 19.2. The van der Waals surface area contributed by atoms with Crippen LogP contribution >= 0.6 is 0 Å². The van der Waals surface area contributed by atoms with Crippen molar-refractivity contribution in [3.63, 3.8) is 0 Å². The van der Waals surface area contributed by atoms with Crippen molar-refractivity contribution in [2.24, 2.45) is 0 Å². The van der Waals surface area contributed by atoms with E-state index in [-0.39, 0.29) is 6.03 Å². The van der Waals surface area contributed by atoms with E-state index in [2.05, 4.69) is 27.8 Å². The fraction of sp³-hybridized carbons (Fsp3) is 0.217. The Kier molecular flexibility index (Phi) is 5.52. The molecule has 2 heterocycles. The summed E-state index contributed by atoms with van der Waals surface area (Å²) >= 11 is 0. The summed E-state index contributed by atoms with van der Waals surface area (Å²) in [6.45, 7) is 1.48. The van der Waals surface area contributed by atoms with Crippen LogP contribution in [0.1, 0.15) is 12.8 Å². The molecule has 0 aliphatic carbocycles. The van der Waals surface area contributed by atoms with Crippen LogP contribution in [0.3, 0.4) is 0 Å². The van der Waals surface area contributed by atoms with Crippen LogP contribution in [0.2, 0.25) is 0 Å². The molecule has 1 aromatic heterocycles. The lowest BCUT2D eigenvalue weighted by atomic mass is 10.0. The molecule has 4 rings (SSSR count). The van der Waals surface area contributed by atoms with Gasteiger partial charge in [0.2, 0.25) is 0 Å². The Bertz CT molecular complexity index is 906. The van der Waals surface area contributed by atoms with E-state index in [1.54, 1.807) is 12.4 Å². The summed E-state index contributed by atoms with van der Waals surface area (Å²) in [5.74, 6) is 0. The molecule has 0 radical (unpaired) electrons. The lowest BCUT2D eigenvalue weighted by Gasteiger charge is -2.33. The number of pyridine rings is 1. The monoisotopic (exact) mass is 372 g/mol. The van der Waals surface area contributed by atoms with Gasteiger partial charge in [0.15, 0.2) is 0 Å². The Morgan fingerprint density at radius 3 is 2.32 bits per heavy atom. The van der Waals surface area contributed by atoms with Crippen molar-refractivity contribution in [2.45, 2.75) is 18.9 Å². The molecule has 0 saturated carbocycles. The first kappa shape index (κ1) is 18.0. The second-order valence-corrected chi connectivity index (χ2v) is 6.98. The fourth-order valence-electron chi connectivity index (χ4n) is 3.57. The van der Waals surface area contributed by atoms with Gasteiger partial charge < -0.3 is 15.5 Å². The number of carbonyl (C=O) groups is 1. The number of nitrogens with one attached hydrogen (secondary N) is 2. The maximum absolute atomic E-state index is 12.8. The summed E-state index contributed by atoms with van der Waals surface area (Å²) in [4.78, 5) is 18.7. The van der Waals surface area contributed by atoms with E-state index in [0.29, 0.717) is 6.04 Å². The molecule has 2 N–H and O–H groups in total. The minimum absolute atomic E-state index is 0.0363. The lowest BCUT2D eigenvalue weighted by molar-refractivity contribution is 0.197. The first-order valence-electron chi connectivity index (χ1n) is 9.66. The number of para-hydroxylation sites is 1. The highest BCUT2D eigenvalue weighted by Crippen LogP contribution is 2.28. The predicted molar refractivity (Wildman–Crippen MR) is 113 cm³/mol. The van der Waals surface area contributed by atoms with Crippen molar-refractivity contribution < 1.29 is 4.79 Å². The first-order chi connectivity index (χ1) is 13.8. The van der Waals surface area contributed by atoms with Crippen molar-refractivity contribution in [1.29, 1.82) is 0 Å². The Morgan fingerprint density at radius 2 is 1.57 bits per heavy atom. The smallest absolute Gasteiger partial charge is 0.321 e. The van der Waals surface area contributed by atoms with Crippen LogP contribution in [0.4, 0.5) is 16.2 Å². The molecule has 5 nitrogen and oxygen atoms in total. The van der Waals surface area contributed by atoms with Crippen molar-refractivity contribution in [3.8, 4) is 11.1 Å². The Labute approximate surface area is 165 Å². The Balaban J connectivity index is 1.37. The highest BCUT2D eigenvalue weighted by Gasteiger charge is 2.23. The number of amides is 2. The van der Waals surface area contributed by atoms with E-state index in [1.165, 1.54) is 0 Å². The maximum Gasteiger partial charge on any atom is 0.321 e. The number of hydrogen-bond acceptors (Lipinski definition) is 3. The van der Waals surface area contributed by atoms with E-state index < -0.39 is 0 Å². The SMILES string of the molecule is O=C(Nc1ccccc1-c1ccccc1)N1CCC(Nc2ccncc2)CC1. The van der Waals surface area contributed by atoms with Crippen LogP contribution in [0.25, 0.3) is 11.1 Å². The largest absolute Gasteiger partial charge is 0.382 e. The molecule has 142 valence electrons. The lowest BCUT2D eigenvalue weighted by Crippen LogP contribution is -2.44. The van der Waals surface area contributed by atoms with Gasteiger partial charge in [-0.3, -0.25) is 4.98 Å². The van der Waals surface area contributed by atoms with E-state index in [9.17, 15) is 4.79 Å². The van der Waals surface area contributed by atoms with Gasteiger partial charge in [-0.15, -0.1) is 0 Å². The number of anilines is 2. The van der Waals surface area contributed by atoms with Crippen LogP contribution in [0.15, 0.2) is 79.1 Å². The Morgan fingerprint density at radius 1 is 0.893 bits per heavy atom. The zero-order valence-corrected chi connectivity index (χ0v) is 15.7. The van der Waals surface area contributed by atoms with Gasteiger partial charge >= 0.3 is 6.03 Å². The molecule has 0 bridgehead atoms. The molecule has 3 aromatic rings. The number of carbonyl (C=O) groups excluding carboxylic acids is 1. The van der Waals surface area contributed by atoms with Gasteiger partial charge in [0.05, 0.1) is 5.69 Å². The molecule has 1 saturated heterocycles. The summed E-state index contributed by atoms with van der Waals surface area (Å²) < 4.78 is 0. The molecule has 0 unspecified atom stereocenters.